The van der Waals surface area contributed by atoms with Crippen LogP contribution in [0.1, 0.15) is 11.1 Å². The molecule has 16 heavy (non-hydrogen) atoms. The summed E-state index contributed by atoms with van der Waals surface area (Å²) in [6.45, 7) is 0. The number of halogens is 2. The van der Waals surface area contributed by atoms with Crippen LogP contribution in [0.15, 0.2) is 53.0 Å². The van der Waals surface area contributed by atoms with Gasteiger partial charge < -0.3 is 0 Å². The predicted molar refractivity (Wildman–Crippen MR) is 69.5 cm³/mol. The molecule has 0 aliphatic rings. The maximum absolute atomic E-state index is 13.3. The van der Waals surface area contributed by atoms with Crippen LogP contribution < -0.4 is 0 Å². The summed E-state index contributed by atoms with van der Waals surface area (Å²) in [5.74, 6) is -0.198. The first-order valence-electron chi connectivity index (χ1n) is 4.94. The van der Waals surface area contributed by atoms with E-state index in [0.29, 0.717) is 5.56 Å². The summed E-state index contributed by atoms with van der Waals surface area (Å²) in [5, 5.41) is 0. The smallest absolute Gasteiger partial charge is 0.130 e. The van der Waals surface area contributed by atoms with Crippen LogP contribution in [0.3, 0.4) is 0 Å². The van der Waals surface area contributed by atoms with Gasteiger partial charge in [-0.15, -0.1) is 0 Å². The molecule has 2 heteroatoms. The Morgan fingerprint density at radius 3 is 2.25 bits per heavy atom. The lowest BCUT2D eigenvalue weighted by Crippen LogP contribution is -1.79. The summed E-state index contributed by atoms with van der Waals surface area (Å²) in [4.78, 5) is 0. The van der Waals surface area contributed by atoms with Crippen molar-refractivity contribution in [2.24, 2.45) is 0 Å². The quantitative estimate of drug-likeness (QED) is 0.694. The zero-order valence-corrected chi connectivity index (χ0v) is 10.1. The Bertz CT molecular complexity index is 500. The summed E-state index contributed by atoms with van der Waals surface area (Å²) >= 11 is 3.37. The first kappa shape index (κ1) is 11.1. The maximum Gasteiger partial charge on any atom is 0.130 e. The van der Waals surface area contributed by atoms with Crippen LogP contribution in [0, 0.1) is 5.82 Å². The van der Waals surface area contributed by atoms with Gasteiger partial charge in [-0.1, -0.05) is 58.4 Å². The van der Waals surface area contributed by atoms with Crippen molar-refractivity contribution >= 4 is 28.1 Å². The lowest BCUT2D eigenvalue weighted by Gasteiger charge is -1.96. The lowest BCUT2D eigenvalue weighted by molar-refractivity contribution is 0.625. The van der Waals surface area contributed by atoms with Gasteiger partial charge in [0.05, 0.1) is 0 Å². The van der Waals surface area contributed by atoms with Gasteiger partial charge in [-0.3, -0.25) is 0 Å². The molecule has 0 fully saturated rings. The monoisotopic (exact) mass is 276 g/mol. The summed E-state index contributed by atoms with van der Waals surface area (Å²) in [7, 11) is 0. The fourth-order valence-electron chi connectivity index (χ4n) is 1.37. The van der Waals surface area contributed by atoms with Crippen molar-refractivity contribution in [1.29, 1.82) is 0 Å². The van der Waals surface area contributed by atoms with E-state index in [1.807, 2.05) is 36.4 Å². The number of benzene rings is 2. The fourth-order valence-corrected chi connectivity index (χ4v) is 1.63. The number of rotatable bonds is 2. The maximum atomic E-state index is 13.3. The van der Waals surface area contributed by atoms with E-state index in [1.54, 1.807) is 18.2 Å². The zero-order chi connectivity index (χ0) is 11.4. The number of hydrogen-bond acceptors (Lipinski definition) is 0. The van der Waals surface area contributed by atoms with Gasteiger partial charge in [-0.05, 0) is 23.8 Å². The highest BCUT2D eigenvalue weighted by Gasteiger charge is 1.95. The molecule has 0 aromatic heterocycles. The first-order chi connectivity index (χ1) is 7.75. The molecule has 80 valence electrons. The second-order valence-corrected chi connectivity index (χ2v) is 4.32. The molecule has 0 atom stereocenters. The third kappa shape index (κ3) is 2.80. The van der Waals surface area contributed by atoms with E-state index in [9.17, 15) is 4.39 Å². The second kappa shape index (κ2) is 5.08. The van der Waals surface area contributed by atoms with Gasteiger partial charge in [0, 0.05) is 10.0 Å². The normalized spacial score (nSPS) is 10.9. The highest BCUT2D eigenvalue weighted by atomic mass is 79.9. The Morgan fingerprint density at radius 1 is 0.875 bits per heavy atom. The minimum atomic E-state index is -0.198. The Kier molecular flexibility index (Phi) is 3.52. The van der Waals surface area contributed by atoms with Gasteiger partial charge in [-0.25, -0.2) is 4.39 Å². The van der Waals surface area contributed by atoms with Crippen LogP contribution in [0.25, 0.3) is 12.2 Å². The van der Waals surface area contributed by atoms with Crippen LogP contribution in [0.2, 0.25) is 0 Å². The van der Waals surface area contributed by atoms with Crippen LogP contribution >= 0.6 is 15.9 Å². The third-order valence-corrected chi connectivity index (χ3v) is 2.76. The molecule has 0 aliphatic heterocycles. The molecule has 0 nitrogen and oxygen atoms in total. The Balaban J connectivity index is 2.21. The highest BCUT2D eigenvalue weighted by molar-refractivity contribution is 9.10. The average molecular weight is 277 g/mol. The minimum absolute atomic E-state index is 0.198. The molecule has 0 saturated heterocycles. The van der Waals surface area contributed by atoms with E-state index in [2.05, 4.69) is 15.9 Å². The van der Waals surface area contributed by atoms with E-state index in [1.165, 1.54) is 6.07 Å². The van der Waals surface area contributed by atoms with Crippen molar-refractivity contribution in [2.75, 3.05) is 0 Å². The largest absolute Gasteiger partial charge is 0.206 e. The Labute approximate surface area is 103 Å². The van der Waals surface area contributed by atoms with Crippen LogP contribution in [0.4, 0.5) is 4.39 Å². The molecular weight excluding hydrogens is 267 g/mol. The van der Waals surface area contributed by atoms with Crippen molar-refractivity contribution in [3.8, 4) is 0 Å². The van der Waals surface area contributed by atoms with Crippen molar-refractivity contribution in [2.45, 2.75) is 0 Å². The van der Waals surface area contributed by atoms with E-state index in [0.717, 1.165) is 10.0 Å². The minimum Gasteiger partial charge on any atom is -0.206 e. The molecular formula is C14H10BrF. The van der Waals surface area contributed by atoms with Gasteiger partial charge in [0.25, 0.3) is 0 Å². The van der Waals surface area contributed by atoms with E-state index in [4.69, 9.17) is 0 Å². The van der Waals surface area contributed by atoms with E-state index < -0.39 is 0 Å². The Hall–Kier alpha value is -1.41. The Morgan fingerprint density at radius 2 is 1.56 bits per heavy atom. The molecule has 0 N–H and O–H groups in total. The van der Waals surface area contributed by atoms with E-state index in [-0.39, 0.29) is 5.82 Å². The summed E-state index contributed by atoms with van der Waals surface area (Å²) in [5.41, 5.74) is 1.65. The molecule has 2 aromatic rings. The van der Waals surface area contributed by atoms with Crippen molar-refractivity contribution in [3.63, 3.8) is 0 Å². The van der Waals surface area contributed by atoms with Gasteiger partial charge in [0.1, 0.15) is 5.82 Å². The molecule has 0 unspecified atom stereocenters. The third-order valence-electron chi connectivity index (χ3n) is 2.23. The molecule has 0 amide bonds. The summed E-state index contributed by atoms with van der Waals surface area (Å²) < 4.78 is 14.3. The summed E-state index contributed by atoms with van der Waals surface area (Å²) in [6, 6.07) is 14.6. The standard InChI is InChI=1S/C14H10BrF/c15-13-9-6-11(7-10-13)5-8-12-3-1-2-4-14(12)16/h1-10H. The topological polar surface area (TPSA) is 0 Å². The molecule has 0 bridgehead atoms. The predicted octanol–water partition coefficient (Wildman–Crippen LogP) is 4.76. The SMILES string of the molecule is Fc1ccccc1C=Cc1ccc(Br)cc1. The highest BCUT2D eigenvalue weighted by Crippen LogP contribution is 2.14. The van der Waals surface area contributed by atoms with Crippen LogP contribution in [-0.4, -0.2) is 0 Å². The van der Waals surface area contributed by atoms with Gasteiger partial charge >= 0.3 is 0 Å². The molecule has 2 aromatic carbocycles. The fraction of sp³-hybridized carbons (Fsp3) is 0. The van der Waals surface area contributed by atoms with Gasteiger partial charge in [-0.2, -0.15) is 0 Å². The zero-order valence-electron chi connectivity index (χ0n) is 8.53. The first-order valence-corrected chi connectivity index (χ1v) is 5.73. The van der Waals surface area contributed by atoms with Gasteiger partial charge in [0.15, 0.2) is 0 Å². The molecule has 0 heterocycles. The number of hydrogen-bond donors (Lipinski definition) is 0. The van der Waals surface area contributed by atoms with Crippen LogP contribution in [-0.2, 0) is 0 Å². The van der Waals surface area contributed by atoms with Crippen molar-refractivity contribution in [3.05, 3.63) is 69.9 Å². The molecule has 0 saturated carbocycles. The van der Waals surface area contributed by atoms with E-state index >= 15 is 0 Å². The molecule has 0 radical (unpaired) electrons. The lowest BCUT2D eigenvalue weighted by atomic mass is 10.1. The molecule has 2 rings (SSSR count). The second-order valence-electron chi connectivity index (χ2n) is 3.41. The molecule has 0 spiro atoms. The van der Waals surface area contributed by atoms with Crippen LogP contribution in [0.5, 0.6) is 0 Å². The van der Waals surface area contributed by atoms with Crippen molar-refractivity contribution < 1.29 is 4.39 Å². The average Bonchev–Trinajstić information content (AvgIpc) is 2.30. The van der Waals surface area contributed by atoms with Gasteiger partial charge in [0.2, 0.25) is 0 Å². The summed E-state index contributed by atoms with van der Waals surface area (Å²) in [6.07, 6.45) is 3.67. The van der Waals surface area contributed by atoms with Crippen molar-refractivity contribution in [1.82, 2.24) is 0 Å². The molecule has 0 aliphatic carbocycles.